The number of piperidine rings is 3. The van der Waals surface area contributed by atoms with Crippen LogP contribution in [0.1, 0.15) is 121 Å². The summed E-state index contributed by atoms with van der Waals surface area (Å²) in [6.45, 7) is 8.11. The first-order valence-corrected chi connectivity index (χ1v) is 26.2. The molecule has 8 heterocycles. The van der Waals surface area contributed by atoms with Crippen molar-refractivity contribution in [1.82, 2.24) is 39.9 Å². The molecule has 3 aromatic heterocycles. The third-order valence-electron chi connectivity index (χ3n) is 16.0. The van der Waals surface area contributed by atoms with Crippen molar-refractivity contribution in [2.75, 3.05) is 63.9 Å². The van der Waals surface area contributed by atoms with E-state index >= 15 is 4.39 Å². The lowest BCUT2D eigenvalue weighted by Gasteiger charge is -2.45. The molecule has 0 aliphatic carbocycles. The molecule has 4 amide bonds. The molecule has 74 heavy (non-hydrogen) atoms. The molecule has 5 aromatic rings. The number of Topliss-reactive ketones (excluding diaryl/α,β-unsaturated/α-hetero) is 1. The first-order valence-electron chi connectivity index (χ1n) is 26.2. The topological polar surface area (TPSA) is 186 Å². The Morgan fingerprint density at radius 3 is 2.46 bits per heavy atom. The number of pyridine rings is 2. The number of carbonyl (C=O) groups is 5. The van der Waals surface area contributed by atoms with Gasteiger partial charge in [-0.15, -0.1) is 0 Å². The second-order valence-corrected chi connectivity index (χ2v) is 20.6. The summed E-state index contributed by atoms with van der Waals surface area (Å²) >= 11 is 0. The number of nitrogens with zero attached hydrogens (tertiary/aromatic N) is 8. The molecular weight excluding hydrogens is 947 g/mol. The van der Waals surface area contributed by atoms with Gasteiger partial charge in [-0.05, 0) is 144 Å². The number of halogens is 2. The molecule has 0 saturated carbocycles. The van der Waals surface area contributed by atoms with Crippen LogP contribution in [-0.4, -0.2) is 129 Å². The smallest absolute Gasteiger partial charge is 0.255 e. The SMILES string of the molecule is CCOc1cc(-c2ccc(N3CCC(CN4CCCCC(C(=O)CCN5CCC(c6ccc7c(c6)C(=O)N([C@@H]6CCC(=O)NC6=O)C7)CC5)CC4)(NC(=O)c4cc(F)ccc4F)CC3)nc2)c2c(C#N)cnn2c1. The number of rotatable bonds is 14. The Balaban J connectivity index is 0.750. The molecule has 16 nitrogen and oxygen atoms in total. The number of amides is 4. The number of nitrogens with one attached hydrogen (secondary N) is 2. The van der Waals surface area contributed by atoms with E-state index in [0.717, 1.165) is 98.0 Å². The van der Waals surface area contributed by atoms with Crippen LogP contribution < -0.4 is 20.3 Å². The number of anilines is 1. The van der Waals surface area contributed by atoms with Gasteiger partial charge in [0.1, 0.15) is 41.1 Å². The summed E-state index contributed by atoms with van der Waals surface area (Å²) in [6.07, 6.45) is 12.2. The third kappa shape index (κ3) is 10.8. The number of nitriles is 1. The highest BCUT2D eigenvalue weighted by atomic mass is 19.1. The molecule has 4 fully saturated rings. The van der Waals surface area contributed by atoms with Gasteiger partial charge in [-0.2, -0.15) is 10.4 Å². The Morgan fingerprint density at radius 2 is 1.70 bits per heavy atom. The number of carbonyl (C=O) groups excluding carboxylic acids is 5. The van der Waals surface area contributed by atoms with Crippen molar-refractivity contribution in [2.45, 2.75) is 102 Å². The van der Waals surface area contributed by atoms with E-state index in [2.05, 4.69) is 42.6 Å². The average molecular weight is 1010 g/mol. The number of hydrogen-bond acceptors (Lipinski definition) is 12. The summed E-state index contributed by atoms with van der Waals surface area (Å²) in [5, 5.41) is 19.7. The normalized spacial score (nSPS) is 20.9. The van der Waals surface area contributed by atoms with Crippen molar-refractivity contribution < 1.29 is 37.5 Å². The summed E-state index contributed by atoms with van der Waals surface area (Å²) < 4.78 is 36.9. The fourth-order valence-electron chi connectivity index (χ4n) is 11.9. The number of ether oxygens (including phenoxy) is 1. The molecule has 1 unspecified atom stereocenters. The van der Waals surface area contributed by atoms with E-state index in [0.29, 0.717) is 100 Å². The first-order chi connectivity index (χ1) is 35.9. The molecule has 386 valence electrons. The maximum Gasteiger partial charge on any atom is 0.255 e. The zero-order valence-electron chi connectivity index (χ0n) is 41.8. The van der Waals surface area contributed by atoms with Gasteiger partial charge >= 0.3 is 0 Å². The lowest BCUT2D eigenvalue weighted by molar-refractivity contribution is -0.137. The number of aromatic nitrogens is 3. The largest absolute Gasteiger partial charge is 0.492 e. The molecule has 5 aliphatic heterocycles. The number of hydrogen-bond donors (Lipinski definition) is 2. The predicted octanol–water partition coefficient (Wildman–Crippen LogP) is 6.81. The maximum atomic E-state index is 15.0. The minimum atomic E-state index is -0.794. The number of ketones is 1. The molecule has 2 N–H and O–H groups in total. The van der Waals surface area contributed by atoms with E-state index in [1.807, 2.05) is 37.3 Å². The molecule has 0 radical (unpaired) electrons. The minimum Gasteiger partial charge on any atom is -0.492 e. The van der Waals surface area contributed by atoms with Crippen LogP contribution in [0.3, 0.4) is 0 Å². The predicted molar refractivity (Wildman–Crippen MR) is 271 cm³/mol. The van der Waals surface area contributed by atoms with Crippen LogP contribution in [0.25, 0.3) is 16.6 Å². The average Bonchev–Trinajstić information content (AvgIpc) is 3.97. The van der Waals surface area contributed by atoms with Gasteiger partial charge in [-0.1, -0.05) is 18.6 Å². The van der Waals surface area contributed by atoms with E-state index < -0.39 is 35.0 Å². The number of likely N-dealkylation sites (tertiary alicyclic amines) is 2. The minimum absolute atomic E-state index is 0.0833. The van der Waals surface area contributed by atoms with E-state index in [1.54, 1.807) is 21.8 Å². The van der Waals surface area contributed by atoms with Crippen molar-refractivity contribution in [1.29, 1.82) is 5.26 Å². The van der Waals surface area contributed by atoms with Gasteiger partial charge < -0.3 is 29.7 Å². The summed E-state index contributed by atoms with van der Waals surface area (Å²) in [5.41, 5.74) is 4.18. The van der Waals surface area contributed by atoms with Gasteiger partial charge in [0.05, 0.1) is 41.2 Å². The quantitative estimate of drug-likeness (QED) is 0.111. The van der Waals surface area contributed by atoms with Crippen LogP contribution in [0, 0.1) is 28.9 Å². The second kappa shape index (κ2) is 21.8. The third-order valence-corrected chi connectivity index (χ3v) is 16.0. The van der Waals surface area contributed by atoms with Crippen LogP contribution in [0.4, 0.5) is 14.6 Å². The van der Waals surface area contributed by atoms with Crippen molar-refractivity contribution in [3.05, 3.63) is 113 Å². The monoisotopic (exact) mass is 1010 g/mol. The number of benzene rings is 2. The molecule has 10 rings (SSSR count). The van der Waals surface area contributed by atoms with Crippen molar-refractivity contribution in [2.24, 2.45) is 5.92 Å². The van der Waals surface area contributed by atoms with Crippen molar-refractivity contribution in [3.8, 4) is 22.9 Å². The summed E-state index contributed by atoms with van der Waals surface area (Å²) in [5.74, 6) is -1.22. The maximum absolute atomic E-state index is 15.0. The zero-order valence-corrected chi connectivity index (χ0v) is 41.8. The summed E-state index contributed by atoms with van der Waals surface area (Å²) in [4.78, 5) is 78.8. The van der Waals surface area contributed by atoms with Crippen molar-refractivity contribution in [3.63, 3.8) is 0 Å². The molecule has 5 aliphatic rings. The zero-order chi connectivity index (χ0) is 51.5. The first kappa shape index (κ1) is 50.4. The van der Waals surface area contributed by atoms with E-state index in [1.165, 1.54) is 6.20 Å². The van der Waals surface area contributed by atoms with Crippen LogP contribution in [0.5, 0.6) is 5.75 Å². The van der Waals surface area contributed by atoms with Gasteiger partial charge in [0.2, 0.25) is 11.8 Å². The van der Waals surface area contributed by atoms with E-state index in [4.69, 9.17) is 9.72 Å². The Bertz CT molecular complexity index is 2990. The fraction of sp³-hybridized carbons (Fsp3) is 0.464. The number of fused-ring (bicyclic) bond motifs is 2. The molecule has 2 atom stereocenters. The van der Waals surface area contributed by atoms with E-state index in [9.17, 15) is 33.6 Å². The molecule has 2 aromatic carbocycles. The Morgan fingerprint density at radius 1 is 0.892 bits per heavy atom. The van der Waals surface area contributed by atoms with E-state index in [-0.39, 0.29) is 41.4 Å². The fourth-order valence-corrected chi connectivity index (χ4v) is 11.9. The highest BCUT2D eigenvalue weighted by Crippen LogP contribution is 2.36. The Hall–Kier alpha value is -7.10. The second-order valence-electron chi connectivity index (χ2n) is 20.6. The standard InChI is InChI=1S/C56H62F2N10O6/c1-2-74-43-29-44(52-41(30-59)32-61-68(52)34-43)39-8-12-50(60-31-39)66-25-18-56(19-26-66,63-53(71)46-28-42(57)9-10-47(46)58)35-65-20-4-3-5-37(16-23-65)49(69)17-24-64-21-14-36(15-22-64)38-6-7-40-33-67(55(73)45(40)27-38)48-11-13-51(70)62-54(48)72/h6-10,12,27-29,31-32,34,36-37,48H,2-5,11,13-26,33,35H2,1H3,(H,63,71)(H,62,70,72)/t37?,48-/m1/s1. The highest BCUT2D eigenvalue weighted by Gasteiger charge is 2.41. The highest BCUT2D eigenvalue weighted by molar-refractivity contribution is 6.05. The molecule has 0 spiro atoms. The molecule has 4 saturated heterocycles. The van der Waals surface area contributed by atoms with Gasteiger partial charge in [0.15, 0.2) is 0 Å². The van der Waals surface area contributed by atoms with Gasteiger partial charge in [-0.3, -0.25) is 29.3 Å². The summed E-state index contributed by atoms with van der Waals surface area (Å²) in [7, 11) is 0. The van der Waals surface area contributed by atoms with Gasteiger partial charge in [-0.25, -0.2) is 18.3 Å². The lowest BCUT2D eigenvalue weighted by Crippen LogP contribution is -2.61. The summed E-state index contributed by atoms with van der Waals surface area (Å²) in [6, 6.07) is 16.4. The van der Waals surface area contributed by atoms with Crippen LogP contribution >= 0.6 is 0 Å². The molecule has 0 bridgehead atoms. The molecular formula is C56H62F2N10O6. The van der Waals surface area contributed by atoms with Gasteiger partial charge in [0.25, 0.3) is 11.8 Å². The van der Waals surface area contributed by atoms with Crippen LogP contribution in [0.2, 0.25) is 0 Å². The Labute approximate surface area is 429 Å². The van der Waals surface area contributed by atoms with Crippen molar-refractivity contribution >= 4 is 40.7 Å². The van der Waals surface area contributed by atoms with Gasteiger partial charge in [0, 0.05) is 74.4 Å². The lowest BCUT2D eigenvalue weighted by atomic mass is 9.85. The number of imide groups is 1. The molecule has 18 heteroatoms. The Kier molecular flexibility index (Phi) is 14.8. The van der Waals surface area contributed by atoms with Crippen LogP contribution in [0.15, 0.2) is 73.2 Å². The van der Waals surface area contributed by atoms with Crippen LogP contribution in [-0.2, 0) is 20.9 Å².